The van der Waals surface area contributed by atoms with E-state index in [9.17, 15) is 9.59 Å². The second-order valence-electron chi connectivity index (χ2n) is 6.43. The quantitative estimate of drug-likeness (QED) is 0.751. The average molecular weight is 295 g/mol. The van der Waals surface area contributed by atoms with Crippen molar-refractivity contribution in [3.8, 4) is 0 Å². The first-order valence-corrected chi connectivity index (χ1v) is 7.23. The molecule has 6 nitrogen and oxygen atoms in total. The lowest BCUT2D eigenvalue weighted by atomic mass is 9.88. The van der Waals surface area contributed by atoms with Crippen LogP contribution in [0.4, 0.5) is 0 Å². The van der Waals surface area contributed by atoms with Crippen molar-refractivity contribution in [2.75, 3.05) is 0 Å². The molecule has 0 spiro atoms. The van der Waals surface area contributed by atoms with Crippen LogP contribution in [-0.4, -0.2) is 32.7 Å². The first kappa shape index (κ1) is 17.2. The summed E-state index contributed by atoms with van der Waals surface area (Å²) in [5.41, 5.74) is 0.296. The lowest BCUT2D eigenvalue weighted by molar-refractivity contribution is -0.138. The number of aromatic amines is 1. The van der Waals surface area contributed by atoms with Crippen molar-refractivity contribution in [1.82, 2.24) is 15.5 Å². The van der Waals surface area contributed by atoms with Crippen LogP contribution in [0.3, 0.4) is 0 Å². The number of nitrogens with one attached hydrogen (secondary N) is 2. The van der Waals surface area contributed by atoms with E-state index in [2.05, 4.69) is 15.5 Å². The molecule has 6 heteroatoms. The van der Waals surface area contributed by atoms with E-state index in [1.54, 1.807) is 6.07 Å². The molecular formula is C15H25N3O3. The van der Waals surface area contributed by atoms with Crippen molar-refractivity contribution in [2.24, 2.45) is 0 Å². The molecular weight excluding hydrogens is 270 g/mol. The Morgan fingerprint density at radius 1 is 1.29 bits per heavy atom. The zero-order chi connectivity index (χ0) is 16.3. The third-order valence-corrected chi connectivity index (χ3v) is 3.84. The molecule has 118 valence electrons. The number of carboxylic acids is 1. The molecule has 1 amide bonds. The molecule has 0 saturated heterocycles. The number of hydrogen-bond acceptors (Lipinski definition) is 3. The van der Waals surface area contributed by atoms with Crippen LogP contribution in [-0.2, 0) is 10.2 Å². The first-order chi connectivity index (χ1) is 9.63. The summed E-state index contributed by atoms with van der Waals surface area (Å²) in [7, 11) is 0. The normalized spacial score (nSPS) is 12.2. The Balaban J connectivity index is 2.92. The van der Waals surface area contributed by atoms with Gasteiger partial charge in [-0.3, -0.25) is 14.7 Å². The first-order valence-electron chi connectivity index (χ1n) is 7.23. The molecule has 0 fully saturated rings. The Morgan fingerprint density at radius 3 is 2.24 bits per heavy atom. The molecule has 3 N–H and O–H groups in total. The van der Waals surface area contributed by atoms with Gasteiger partial charge in [-0.25, -0.2) is 0 Å². The van der Waals surface area contributed by atoms with Gasteiger partial charge >= 0.3 is 5.97 Å². The lowest BCUT2D eigenvalue weighted by Gasteiger charge is -2.31. The molecule has 1 heterocycles. The Hall–Kier alpha value is -1.85. The number of carbonyl (C=O) groups excluding carboxylic acids is 1. The van der Waals surface area contributed by atoms with Gasteiger partial charge < -0.3 is 10.4 Å². The third kappa shape index (κ3) is 4.31. The van der Waals surface area contributed by atoms with Crippen molar-refractivity contribution in [3.05, 3.63) is 17.5 Å². The minimum absolute atomic E-state index is 0.0949. The number of amides is 1. The third-order valence-electron chi connectivity index (χ3n) is 3.84. The van der Waals surface area contributed by atoms with E-state index in [4.69, 9.17) is 5.11 Å². The van der Waals surface area contributed by atoms with Crippen molar-refractivity contribution in [2.45, 2.75) is 64.8 Å². The number of aromatic nitrogens is 2. The highest BCUT2D eigenvalue weighted by Gasteiger charge is 2.32. The maximum absolute atomic E-state index is 12.3. The molecule has 21 heavy (non-hydrogen) atoms. The van der Waals surface area contributed by atoms with Crippen LogP contribution in [0.1, 0.15) is 70.1 Å². The van der Waals surface area contributed by atoms with Gasteiger partial charge in [-0.2, -0.15) is 5.10 Å². The van der Waals surface area contributed by atoms with Crippen LogP contribution in [0, 0.1) is 0 Å². The molecule has 1 aromatic rings. The van der Waals surface area contributed by atoms with Crippen LogP contribution in [0.15, 0.2) is 6.07 Å². The number of nitrogens with zero attached hydrogens (tertiary/aromatic N) is 1. The maximum atomic E-state index is 12.3. The standard InChI is InChI=1S/C15H25N3O3/c1-6-15(7-2,9-12(19)20)16-13(21)10-8-11(18-17-10)14(3,4)5/h8H,6-7,9H2,1-5H3,(H,16,21)(H,17,18)(H,19,20). The van der Waals surface area contributed by atoms with Gasteiger partial charge in [-0.1, -0.05) is 34.6 Å². The van der Waals surface area contributed by atoms with E-state index in [-0.39, 0.29) is 23.4 Å². The molecule has 0 unspecified atom stereocenters. The number of hydrogen-bond donors (Lipinski definition) is 3. The zero-order valence-electron chi connectivity index (χ0n) is 13.4. The topological polar surface area (TPSA) is 95.1 Å². The lowest BCUT2D eigenvalue weighted by Crippen LogP contribution is -2.49. The molecule has 0 saturated carbocycles. The van der Waals surface area contributed by atoms with E-state index in [0.29, 0.717) is 12.8 Å². The fourth-order valence-corrected chi connectivity index (χ4v) is 2.14. The summed E-state index contributed by atoms with van der Waals surface area (Å²) in [5.74, 6) is -1.26. The minimum Gasteiger partial charge on any atom is -0.481 e. The summed E-state index contributed by atoms with van der Waals surface area (Å²) in [6.07, 6.45) is 1.01. The fraction of sp³-hybridized carbons (Fsp3) is 0.667. The monoisotopic (exact) mass is 295 g/mol. The van der Waals surface area contributed by atoms with E-state index >= 15 is 0 Å². The van der Waals surface area contributed by atoms with E-state index in [1.807, 2.05) is 34.6 Å². The molecule has 1 aromatic heterocycles. The smallest absolute Gasteiger partial charge is 0.305 e. The highest BCUT2D eigenvalue weighted by molar-refractivity contribution is 5.93. The molecule has 0 bridgehead atoms. The summed E-state index contributed by atoms with van der Waals surface area (Å²) in [4.78, 5) is 23.3. The molecule has 0 aliphatic carbocycles. The molecule has 0 aliphatic rings. The van der Waals surface area contributed by atoms with Crippen LogP contribution < -0.4 is 5.32 Å². The molecule has 0 radical (unpaired) electrons. The summed E-state index contributed by atoms with van der Waals surface area (Å²) in [6, 6.07) is 1.71. The van der Waals surface area contributed by atoms with Gasteiger partial charge in [0.05, 0.1) is 12.0 Å². The van der Waals surface area contributed by atoms with Crippen LogP contribution in [0.2, 0.25) is 0 Å². The Labute approximate surface area is 125 Å². The fourth-order valence-electron chi connectivity index (χ4n) is 2.14. The SMILES string of the molecule is CCC(CC)(CC(=O)O)NC(=O)c1cc(C(C)(C)C)[nH]n1. The van der Waals surface area contributed by atoms with Gasteiger partial charge in [-0.15, -0.1) is 0 Å². The number of H-pyrrole nitrogens is 1. The number of aliphatic carboxylic acids is 1. The minimum atomic E-state index is -0.920. The largest absolute Gasteiger partial charge is 0.481 e. The van der Waals surface area contributed by atoms with Crippen LogP contribution in [0.25, 0.3) is 0 Å². The van der Waals surface area contributed by atoms with Gasteiger partial charge in [0, 0.05) is 11.1 Å². The molecule has 0 aromatic carbocycles. The highest BCUT2D eigenvalue weighted by atomic mass is 16.4. The summed E-state index contributed by atoms with van der Waals surface area (Å²) in [5, 5.41) is 18.8. The van der Waals surface area contributed by atoms with Crippen molar-refractivity contribution in [3.63, 3.8) is 0 Å². The second kappa shape index (κ2) is 6.28. The maximum Gasteiger partial charge on any atom is 0.305 e. The Bertz CT molecular complexity index is 510. The Kier molecular flexibility index (Phi) is 5.15. The van der Waals surface area contributed by atoms with E-state index in [1.165, 1.54) is 0 Å². The summed E-state index contributed by atoms with van der Waals surface area (Å²) in [6.45, 7) is 9.81. The van der Waals surface area contributed by atoms with Gasteiger partial charge in [0.2, 0.25) is 0 Å². The van der Waals surface area contributed by atoms with Gasteiger partial charge in [0.15, 0.2) is 0 Å². The summed E-state index contributed by atoms with van der Waals surface area (Å²) >= 11 is 0. The van der Waals surface area contributed by atoms with Crippen LogP contribution in [0.5, 0.6) is 0 Å². The second-order valence-corrected chi connectivity index (χ2v) is 6.43. The number of carboxylic acid groups (broad SMARTS) is 1. The van der Waals surface area contributed by atoms with E-state index in [0.717, 1.165) is 5.69 Å². The predicted molar refractivity (Wildman–Crippen MR) is 80.3 cm³/mol. The molecule has 0 aliphatic heterocycles. The van der Waals surface area contributed by atoms with Crippen molar-refractivity contribution in [1.29, 1.82) is 0 Å². The number of rotatable bonds is 6. The number of carbonyl (C=O) groups is 2. The van der Waals surface area contributed by atoms with Crippen LogP contribution >= 0.6 is 0 Å². The van der Waals surface area contributed by atoms with Gasteiger partial charge in [-0.05, 0) is 18.9 Å². The Morgan fingerprint density at radius 2 is 1.86 bits per heavy atom. The van der Waals surface area contributed by atoms with Crippen molar-refractivity contribution < 1.29 is 14.7 Å². The zero-order valence-corrected chi connectivity index (χ0v) is 13.4. The van der Waals surface area contributed by atoms with E-state index < -0.39 is 11.5 Å². The highest BCUT2D eigenvalue weighted by Crippen LogP contribution is 2.22. The predicted octanol–water partition coefficient (Wildman–Crippen LogP) is 2.47. The molecule has 1 rings (SSSR count). The van der Waals surface area contributed by atoms with Crippen molar-refractivity contribution >= 4 is 11.9 Å². The molecule has 0 atom stereocenters. The van der Waals surface area contributed by atoms with Gasteiger partial charge in [0.25, 0.3) is 5.91 Å². The van der Waals surface area contributed by atoms with Gasteiger partial charge in [0.1, 0.15) is 5.69 Å². The summed E-state index contributed by atoms with van der Waals surface area (Å²) < 4.78 is 0. The average Bonchev–Trinajstić information content (AvgIpc) is 2.86.